The Bertz CT molecular complexity index is 204. The van der Waals surface area contributed by atoms with E-state index in [9.17, 15) is 0 Å². The third-order valence-corrected chi connectivity index (χ3v) is 1.93. The van der Waals surface area contributed by atoms with E-state index in [4.69, 9.17) is 0 Å². The Morgan fingerprint density at radius 2 is 2.00 bits per heavy atom. The van der Waals surface area contributed by atoms with E-state index in [1.54, 1.807) is 0 Å². The molecule has 0 saturated carbocycles. The maximum absolute atomic E-state index is 4.16. The van der Waals surface area contributed by atoms with Gasteiger partial charge in [-0.1, -0.05) is 33.6 Å². The summed E-state index contributed by atoms with van der Waals surface area (Å²) in [5.41, 5.74) is 0. The van der Waals surface area contributed by atoms with Crippen LogP contribution >= 0.6 is 0 Å². The van der Waals surface area contributed by atoms with Gasteiger partial charge in [-0.05, 0) is 13.3 Å². The summed E-state index contributed by atoms with van der Waals surface area (Å²) in [6, 6.07) is 0. The van der Waals surface area contributed by atoms with Gasteiger partial charge in [-0.2, -0.15) is 0 Å². The van der Waals surface area contributed by atoms with Crippen LogP contribution < -0.4 is 0 Å². The minimum absolute atomic E-state index is 1.12. The first-order valence-electron chi connectivity index (χ1n) is 5.32. The second kappa shape index (κ2) is 7.84. The first-order chi connectivity index (χ1) is 6.34. The average Bonchev–Trinajstić information content (AvgIpc) is 2.56. The van der Waals surface area contributed by atoms with Gasteiger partial charge in [0, 0.05) is 18.9 Å². The zero-order valence-corrected chi connectivity index (χ0v) is 9.38. The van der Waals surface area contributed by atoms with Crippen LogP contribution in [0.2, 0.25) is 0 Å². The van der Waals surface area contributed by atoms with Gasteiger partial charge in [-0.3, -0.25) is 0 Å². The Morgan fingerprint density at radius 1 is 1.31 bits per heavy atom. The number of nitrogens with zero attached hydrogens (tertiary/aromatic N) is 2. The normalized spacial score (nSPS) is 9.23. The van der Waals surface area contributed by atoms with E-state index >= 15 is 0 Å². The van der Waals surface area contributed by atoms with Gasteiger partial charge in [0.05, 0.1) is 0 Å². The van der Waals surface area contributed by atoms with Crippen LogP contribution in [0.3, 0.4) is 0 Å². The van der Waals surface area contributed by atoms with Crippen LogP contribution in [0.15, 0.2) is 12.4 Å². The maximum Gasteiger partial charge on any atom is 0.105 e. The molecule has 2 heteroatoms. The van der Waals surface area contributed by atoms with Crippen molar-refractivity contribution in [3.8, 4) is 0 Å². The summed E-state index contributed by atoms with van der Waals surface area (Å²) in [4.78, 5) is 4.16. The molecule has 0 aliphatic carbocycles. The van der Waals surface area contributed by atoms with Crippen molar-refractivity contribution in [1.29, 1.82) is 0 Å². The number of imidazole rings is 1. The van der Waals surface area contributed by atoms with Gasteiger partial charge in [0.15, 0.2) is 0 Å². The molecule has 0 spiro atoms. The first-order valence-corrected chi connectivity index (χ1v) is 5.32. The highest BCUT2D eigenvalue weighted by molar-refractivity contribution is 4.87. The van der Waals surface area contributed by atoms with E-state index in [0.717, 1.165) is 12.4 Å². The van der Waals surface area contributed by atoms with Crippen molar-refractivity contribution in [1.82, 2.24) is 9.55 Å². The Balaban J connectivity index is 0.000000671. The smallest absolute Gasteiger partial charge is 0.105 e. The lowest BCUT2D eigenvalue weighted by Gasteiger charge is -2.02. The van der Waals surface area contributed by atoms with Crippen LogP contribution in [0.25, 0.3) is 0 Å². The first kappa shape index (κ1) is 12.2. The summed E-state index contributed by atoms with van der Waals surface area (Å²) >= 11 is 0. The standard InChI is InChI=1S/C9H16N2.C2H6/c1-3-4-5-7-11-8-6-10-9(11)2;1-2/h6,8H,3-5,7H2,1-2H3;1-2H3. The zero-order chi connectivity index (χ0) is 10.1. The molecule has 1 rings (SSSR count). The van der Waals surface area contributed by atoms with Gasteiger partial charge >= 0.3 is 0 Å². The lowest BCUT2D eigenvalue weighted by atomic mass is 10.2. The van der Waals surface area contributed by atoms with Crippen LogP contribution in [0.1, 0.15) is 45.9 Å². The summed E-state index contributed by atoms with van der Waals surface area (Å²) in [5, 5.41) is 0. The fourth-order valence-electron chi connectivity index (χ4n) is 1.17. The zero-order valence-electron chi connectivity index (χ0n) is 9.38. The second-order valence-corrected chi connectivity index (χ2v) is 2.87. The lowest BCUT2D eigenvalue weighted by Crippen LogP contribution is -1.98. The Labute approximate surface area is 82.0 Å². The predicted octanol–water partition coefficient (Wildman–Crippen LogP) is 3.41. The lowest BCUT2D eigenvalue weighted by molar-refractivity contribution is 0.590. The third-order valence-electron chi connectivity index (χ3n) is 1.93. The minimum Gasteiger partial charge on any atom is -0.335 e. The summed E-state index contributed by atoms with van der Waals surface area (Å²) in [6.45, 7) is 9.40. The Morgan fingerprint density at radius 3 is 2.46 bits per heavy atom. The summed E-state index contributed by atoms with van der Waals surface area (Å²) in [7, 11) is 0. The van der Waals surface area contributed by atoms with Gasteiger partial charge in [-0.15, -0.1) is 0 Å². The number of aromatic nitrogens is 2. The molecule has 0 bridgehead atoms. The van der Waals surface area contributed by atoms with E-state index in [1.807, 2.05) is 33.2 Å². The highest BCUT2D eigenvalue weighted by Gasteiger charge is 1.94. The number of aryl methyl sites for hydroxylation is 2. The minimum atomic E-state index is 1.12. The van der Waals surface area contributed by atoms with Crippen molar-refractivity contribution in [2.24, 2.45) is 0 Å². The SMILES string of the molecule is CC.CCCCCn1ccnc1C. The molecule has 2 nitrogen and oxygen atoms in total. The van der Waals surface area contributed by atoms with Crippen molar-refractivity contribution in [3.05, 3.63) is 18.2 Å². The topological polar surface area (TPSA) is 17.8 Å². The predicted molar refractivity (Wildman–Crippen MR) is 57.8 cm³/mol. The molecular formula is C11H22N2. The molecule has 0 fully saturated rings. The van der Waals surface area contributed by atoms with E-state index in [1.165, 1.54) is 19.3 Å². The molecule has 0 radical (unpaired) electrons. The third kappa shape index (κ3) is 4.71. The molecule has 1 aromatic heterocycles. The Kier molecular flexibility index (Phi) is 7.36. The van der Waals surface area contributed by atoms with Gasteiger partial charge in [-0.25, -0.2) is 4.98 Å². The highest BCUT2D eigenvalue weighted by atomic mass is 15.0. The van der Waals surface area contributed by atoms with Crippen molar-refractivity contribution in [2.75, 3.05) is 0 Å². The second-order valence-electron chi connectivity index (χ2n) is 2.87. The van der Waals surface area contributed by atoms with Gasteiger partial charge < -0.3 is 4.57 Å². The van der Waals surface area contributed by atoms with Gasteiger partial charge in [0.1, 0.15) is 5.82 Å². The molecule has 0 aliphatic rings. The molecule has 0 unspecified atom stereocenters. The molecule has 0 aromatic carbocycles. The molecule has 1 heterocycles. The van der Waals surface area contributed by atoms with Crippen molar-refractivity contribution < 1.29 is 0 Å². The summed E-state index contributed by atoms with van der Waals surface area (Å²) in [5.74, 6) is 1.13. The van der Waals surface area contributed by atoms with Gasteiger partial charge in [0.25, 0.3) is 0 Å². The molecule has 1 aromatic rings. The average molecular weight is 182 g/mol. The fourth-order valence-corrected chi connectivity index (χ4v) is 1.17. The van der Waals surface area contributed by atoms with Crippen molar-refractivity contribution in [3.63, 3.8) is 0 Å². The van der Waals surface area contributed by atoms with Crippen LogP contribution in [-0.2, 0) is 6.54 Å². The summed E-state index contributed by atoms with van der Waals surface area (Å²) < 4.78 is 2.20. The molecular weight excluding hydrogens is 160 g/mol. The van der Waals surface area contributed by atoms with Crippen molar-refractivity contribution in [2.45, 2.75) is 53.5 Å². The molecule has 0 aliphatic heterocycles. The Hall–Kier alpha value is -0.790. The van der Waals surface area contributed by atoms with Gasteiger partial charge in [0.2, 0.25) is 0 Å². The number of hydrogen-bond acceptors (Lipinski definition) is 1. The summed E-state index contributed by atoms with van der Waals surface area (Å²) in [6.07, 6.45) is 7.78. The van der Waals surface area contributed by atoms with Crippen LogP contribution in [0, 0.1) is 6.92 Å². The highest BCUT2D eigenvalue weighted by Crippen LogP contribution is 2.00. The molecule has 76 valence electrons. The van der Waals surface area contributed by atoms with E-state index in [2.05, 4.69) is 16.5 Å². The largest absolute Gasteiger partial charge is 0.335 e. The molecule has 0 saturated heterocycles. The number of hydrogen-bond donors (Lipinski definition) is 0. The van der Waals surface area contributed by atoms with E-state index in [-0.39, 0.29) is 0 Å². The molecule has 13 heavy (non-hydrogen) atoms. The van der Waals surface area contributed by atoms with Crippen LogP contribution in [-0.4, -0.2) is 9.55 Å². The van der Waals surface area contributed by atoms with Crippen LogP contribution in [0.4, 0.5) is 0 Å². The monoisotopic (exact) mass is 182 g/mol. The van der Waals surface area contributed by atoms with E-state index in [0.29, 0.717) is 0 Å². The number of rotatable bonds is 4. The maximum atomic E-state index is 4.16. The number of unbranched alkanes of at least 4 members (excludes halogenated alkanes) is 2. The quantitative estimate of drug-likeness (QED) is 0.652. The molecule has 0 atom stereocenters. The van der Waals surface area contributed by atoms with Crippen molar-refractivity contribution >= 4 is 0 Å². The molecule has 0 amide bonds. The van der Waals surface area contributed by atoms with E-state index < -0.39 is 0 Å². The molecule has 0 N–H and O–H groups in total. The fraction of sp³-hybridized carbons (Fsp3) is 0.727. The van der Waals surface area contributed by atoms with Crippen LogP contribution in [0.5, 0.6) is 0 Å².